The van der Waals surface area contributed by atoms with Crippen LogP contribution in [0, 0.1) is 0 Å². The van der Waals surface area contributed by atoms with Gasteiger partial charge >= 0.3 is 0 Å². The first-order chi connectivity index (χ1) is 17.9. The monoisotopic (exact) mass is 581 g/mol. The van der Waals surface area contributed by atoms with Crippen LogP contribution in [0.4, 0.5) is 17.1 Å². The van der Waals surface area contributed by atoms with Crippen molar-refractivity contribution in [3.05, 3.63) is 71.8 Å². The third kappa shape index (κ3) is 7.09. The minimum atomic E-state index is -3.89. The Hall–Kier alpha value is -3.48. The summed E-state index contributed by atoms with van der Waals surface area (Å²) in [5.74, 6) is 0.341. The number of ether oxygens (including phenoxy) is 2. The topological polar surface area (TPSA) is 131 Å². The lowest BCUT2D eigenvalue weighted by atomic mass is 10.2. The molecule has 3 aromatic rings. The van der Waals surface area contributed by atoms with Gasteiger partial charge in [-0.05, 0) is 80.6 Å². The largest absolute Gasteiger partial charge is 0.495 e. The average molecular weight is 582 g/mol. The number of nitrogens with zero attached hydrogens (tertiary/aromatic N) is 1. The fraction of sp³-hybridized carbons (Fsp3) is 0.240. The first kappa shape index (κ1) is 29.1. The fourth-order valence-corrected chi connectivity index (χ4v) is 6.04. The molecule has 2 N–H and O–H groups in total. The summed E-state index contributed by atoms with van der Waals surface area (Å²) in [5.41, 5.74) is 0.824. The highest BCUT2D eigenvalue weighted by atomic mass is 35.5. The molecule has 38 heavy (non-hydrogen) atoms. The molecule has 0 aliphatic heterocycles. The molecular weight excluding hydrogens is 554 g/mol. The molecule has 0 aliphatic carbocycles. The lowest BCUT2D eigenvalue weighted by Crippen LogP contribution is -2.45. The van der Waals surface area contributed by atoms with Crippen molar-refractivity contribution in [3.8, 4) is 11.5 Å². The van der Waals surface area contributed by atoms with Crippen LogP contribution in [-0.4, -0.2) is 48.8 Å². The summed E-state index contributed by atoms with van der Waals surface area (Å²) < 4.78 is 64.5. The molecule has 0 aromatic heterocycles. The van der Waals surface area contributed by atoms with Gasteiger partial charge in [-0.25, -0.2) is 16.8 Å². The molecule has 3 aromatic carbocycles. The molecule has 3 rings (SSSR count). The molecule has 0 saturated heterocycles. The minimum Gasteiger partial charge on any atom is -0.495 e. The summed E-state index contributed by atoms with van der Waals surface area (Å²) >= 11 is 6.15. The van der Waals surface area contributed by atoms with Gasteiger partial charge in [0.05, 0.1) is 35.6 Å². The van der Waals surface area contributed by atoms with E-state index in [9.17, 15) is 21.6 Å². The molecule has 0 saturated carbocycles. The van der Waals surface area contributed by atoms with Crippen molar-refractivity contribution < 1.29 is 31.1 Å². The van der Waals surface area contributed by atoms with Gasteiger partial charge in [0, 0.05) is 11.4 Å². The third-order valence-corrected chi connectivity index (χ3v) is 8.26. The Kier molecular flexibility index (Phi) is 9.13. The molecule has 0 fully saturated rings. The zero-order valence-electron chi connectivity index (χ0n) is 21.1. The number of halogens is 1. The van der Waals surface area contributed by atoms with E-state index in [1.54, 1.807) is 24.3 Å². The van der Waals surface area contributed by atoms with E-state index in [4.69, 9.17) is 21.1 Å². The van der Waals surface area contributed by atoms with Gasteiger partial charge in [-0.1, -0.05) is 11.6 Å². The maximum Gasteiger partial charge on any atom is 0.261 e. The SMILES string of the molecule is CCOc1ccc(NS(=O)(=O)c2ccc(NC(=O)[C@@H](C)N(c3ccc(OC)c(Cl)c3)S(C)(=O)=O)cc2)cc1. The van der Waals surface area contributed by atoms with Gasteiger partial charge in [0.1, 0.15) is 17.5 Å². The molecule has 204 valence electrons. The Balaban J connectivity index is 1.74. The van der Waals surface area contributed by atoms with Crippen LogP contribution in [-0.2, 0) is 24.8 Å². The van der Waals surface area contributed by atoms with E-state index in [1.807, 2.05) is 6.92 Å². The van der Waals surface area contributed by atoms with Gasteiger partial charge in [0.15, 0.2) is 0 Å². The van der Waals surface area contributed by atoms with E-state index in [0.717, 1.165) is 10.6 Å². The van der Waals surface area contributed by atoms with Gasteiger partial charge in [-0.3, -0.25) is 13.8 Å². The van der Waals surface area contributed by atoms with E-state index >= 15 is 0 Å². The van der Waals surface area contributed by atoms with Gasteiger partial charge in [-0.2, -0.15) is 0 Å². The van der Waals surface area contributed by atoms with E-state index < -0.39 is 32.0 Å². The number of methoxy groups -OCH3 is 1. The van der Waals surface area contributed by atoms with Crippen LogP contribution in [0.2, 0.25) is 5.02 Å². The second-order valence-corrected chi connectivity index (χ2v) is 12.1. The highest BCUT2D eigenvalue weighted by molar-refractivity contribution is 7.92. The highest BCUT2D eigenvalue weighted by Gasteiger charge is 2.30. The maximum atomic E-state index is 13.0. The number of anilines is 3. The van der Waals surface area contributed by atoms with Crippen molar-refractivity contribution in [2.45, 2.75) is 24.8 Å². The number of nitrogens with one attached hydrogen (secondary N) is 2. The normalized spacial score (nSPS) is 12.3. The number of sulfonamides is 2. The molecular formula is C25H28ClN3O7S2. The predicted molar refractivity (Wildman–Crippen MR) is 148 cm³/mol. The number of carbonyl (C=O) groups is 1. The number of carbonyl (C=O) groups excluding carboxylic acids is 1. The molecule has 0 unspecified atom stereocenters. The predicted octanol–water partition coefficient (Wildman–Crippen LogP) is 4.34. The fourth-order valence-electron chi connectivity index (χ4n) is 3.57. The van der Waals surface area contributed by atoms with Crippen molar-refractivity contribution in [1.82, 2.24) is 0 Å². The zero-order valence-corrected chi connectivity index (χ0v) is 23.5. The number of amides is 1. The molecule has 1 amide bonds. The molecule has 0 heterocycles. The van der Waals surface area contributed by atoms with E-state index in [-0.39, 0.29) is 21.3 Å². The van der Waals surface area contributed by atoms with E-state index in [2.05, 4.69) is 10.0 Å². The molecule has 10 nitrogen and oxygen atoms in total. The summed E-state index contributed by atoms with van der Waals surface area (Å²) in [6.07, 6.45) is 0.978. The molecule has 0 aliphatic rings. The van der Waals surface area contributed by atoms with Crippen molar-refractivity contribution in [2.75, 3.05) is 34.3 Å². The summed E-state index contributed by atoms with van der Waals surface area (Å²) in [6, 6.07) is 15.2. The second kappa shape index (κ2) is 11.9. The van der Waals surface area contributed by atoms with Crippen LogP contribution in [0.25, 0.3) is 0 Å². The van der Waals surface area contributed by atoms with Crippen molar-refractivity contribution >= 4 is 54.6 Å². The summed E-state index contributed by atoms with van der Waals surface area (Å²) in [6.45, 7) is 3.77. The summed E-state index contributed by atoms with van der Waals surface area (Å²) in [7, 11) is -6.34. The van der Waals surface area contributed by atoms with Crippen LogP contribution in [0.1, 0.15) is 13.8 Å². The average Bonchev–Trinajstić information content (AvgIpc) is 2.85. The maximum absolute atomic E-state index is 13.0. The Bertz CT molecular complexity index is 1490. The number of benzene rings is 3. The zero-order chi connectivity index (χ0) is 28.1. The summed E-state index contributed by atoms with van der Waals surface area (Å²) in [5, 5.41) is 2.80. The third-order valence-electron chi connectivity index (χ3n) is 5.33. The van der Waals surface area contributed by atoms with Crippen LogP contribution in [0.3, 0.4) is 0 Å². The van der Waals surface area contributed by atoms with Crippen LogP contribution < -0.4 is 23.8 Å². The second-order valence-electron chi connectivity index (χ2n) is 8.13. The molecule has 13 heteroatoms. The summed E-state index contributed by atoms with van der Waals surface area (Å²) in [4.78, 5) is 12.9. The van der Waals surface area contributed by atoms with Crippen LogP contribution >= 0.6 is 11.6 Å². The Labute approximate surface area is 227 Å². The van der Waals surface area contributed by atoms with Gasteiger partial charge in [0.25, 0.3) is 10.0 Å². The van der Waals surface area contributed by atoms with E-state index in [0.29, 0.717) is 23.8 Å². The lowest BCUT2D eigenvalue weighted by molar-refractivity contribution is -0.116. The smallest absolute Gasteiger partial charge is 0.261 e. The van der Waals surface area contributed by atoms with Gasteiger partial charge in [-0.15, -0.1) is 0 Å². The standard InChI is InChI=1S/C25H28ClN3O7S2/c1-5-36-21-11-6-19(7-12-21)28-38(33,34)22-13-8-18(9-14-22)27-25(30)17(2)29(37(4,31)32)20-10-15-24(35-3)23(26)16-20/h6-17,28H,5H2,1-4H3,(H,27,30)/t17-/m1/s1. The molecule has 1 atom stereocenters. The quantitative estimate of drug-likeness (QED) is 0.344. The Morgan fingerprint density at radius 2 is 1.58 bits per heavy atom. The van der Waals surface area contributed by atoms with Crippen molar-refractivity contribution in [1.29, 1.82) is 0 Å². The number of rotatable bonds is 11. The Morgan fingerprint density at radius 3 is 2.11 bits per heavy atom. The lowest BCUT2D eigenvalue weighted by Gasteiger charge is -2.28. The highest BCUT2D eigenvalue weighted by Crippen LogP contribution is 2.31. The first-order valence-corrected chi connectivity index (χ1v) is 15.1. The molecule has 0 radical (unpaired) electrons. The molecule has 0 spiro atoms. The number of hydrogen-bond acceptors (Lipinski definition) is 7. The van der Waals surface area contributed by atoms with Crippen LogP contribution in [0.15, 0.2) is 71.6 Å². The van der Waals surface area contributed by atoms with Crippen molar-refractivity contribution in [2.24, 2.45) is 0 Å². The van der Waals surface area contributed by atoms with Gasteiger partial charge < -0.3 is 14.8 Å². The Morgan fingerprint density at radius 1 is 0.974 bits per heavy atom. The number of hydrogen-bond donors (Lipinski definition) is 2. The first-order valence-electron chi connectivity index (χ1n) is 11.3. The van der Waals surface area contributed by atoms with Gasteiger partial charge in [0.2, 0.25) is 15.9 Å². The van der Waals surface area contributed by atoms with Crippen molar-refractivity contribution in [3.63, 3.8) is 0 Å². The molecule has 0 bridgehead atoms. The van der Waals surface area contributed by atoms with E-state index in [1.165, 1.54) is 56.5 Å². The minimum absolute atomic E-state index is 0.0249. The van der Waals surface area contributed by atoms with Crippen LogP contribution in [0.5, 0.6) is 11.5 Å².